The number of aliphatic imine (C=N–C) groups is 1. The Hall–Kier alpha value is -5.21. The summed E-state index contributed by atoms with van der Waals surface area (Å²) in [5.74, 6) is 1.89. The lowest BCUT2D eigenvalue weighted by atomic mass is 9.62. The Morgan fingerprint density at radius 3 is 2.06 bits per heavy atom. The van der Waals surface area contributed by atoms with Crippen molar-refractivity contribution in [1.82, 2.24) is 5.32 Å². The number of rotatable bonds is 4. The fourth-order valence-corrected chi connectivity index (χ4v) is 10.3. The van der Waals surface area contributed by atoms with Gasteiger partial charge in [0.2, 0.25) is 0 Å². The Morgan fingerprint density at radius 1 is 0.608 bits per heavy atom. The fraction of sp³-hybridized carbons (Fsp3) is 0.245. The number of nitrogens with one attached hydrogen (secondary N) is 1. The molecule has 10 rings (SSSR count). The Kier molecular flexibility index (Phi) is 7.00. The molecule has 0 radical (unpaired) electrons. The zero-order chi connectivity index (χ0) is 34.2. The molecule has 0 aromatic heterocycles. The van der Waals surface area contributed by atoms with Crippen LogP contribution in [0.1, 0.15) is 96.9 Å². The van der Waals surface area contributed by atoms with E-state index in [-0.39, 0.29) is 16.9 Å². The van der Waals surface area contributed by atoms with Gasteiger partial charge in [-0.3, -0.25) is 4.99 Å². The molecule has 1 aliphatic heterocycles. The predicted molar refractivity (Wildman–Crippen MR) is 212 cm³/mol. The van der Waals surface area contributed by atoms with Gasteiger partial charge in [0.05, 0.1) is 6.04 Å². The molecule has 2 heteroatoms. The third-order valence-corrected chi connectivity index (χ3v) is 12.8. The number of amidine groups is 1. The first kappa shape index (κ1) is 30.6. The molecule has 1 saturated carbocycles. The van der Waals surface area contributed by atoms with Gasteiger partial charge in [0, 0.05) is 28.0 Å². The smallest absolute Gasteiger partial charge is 0.133 e. The van der Waals surface area contributed by atoms with E-state index in [1.165, 1.54) is 71.1 Å². The molecule has 0 saturated heterocycles. The highest BCUT2D eigenvalue weighted by atomic mass is 15.0. The minimum absolute atomic E-state index is 0.0460. The minimum atomic E-state index is -0.0886. The van der Waals surface area contributed by atoms with Crippen molar-refractivity contribution in [2.45, 2.75) is 68.7 Å². The van der Waals surface area contributed by atoms with Gasteiger partial charge in [-0.05, 0) is 80.5 Å². The molecule has 1 fully saturated rings. The summed E-state index contributed by atoms with van der Waals surface area (Å²) in [7, 11) is 0. The average Bonchev–Trinajstić information content (AvgIpc) is 3.59. The Bertz CT molecular complexity index is 2220. The second-order valence-electron chi connectivity index (χ2n) is 15.9. The van der Waals surface area contributed by atoms with Crippen LogP contribution in [0.4, 0.5) is 0 Å². The summed E-state index contributed by atoms with van der Waals surface area (Å²) in [5, 5.41) is 3.63. The van der Waals surface area contributed by atoms with E-state index in [1.54, 1.807) is 11.1 Å². The molecule has 0 amide bonds. The van der Waals surface area contributed by atoms with Crippen molar-refractivity contribution in [3.05, 3.63) is 190 Å². The van der Waals surface area contributed by atoms with Crippen molar-refractivity contribution in [2.75, 3.05) is 0 Å². The summed E-state index contributed by atoms with van der Waals surface area (Å²) in [5.41, 5.74) is 16.5. The third kappa shape index (κ3) is 4.72. The van der Waals surface area contributed by atoms with Crippen LogP contribution in [0, 0.1) is 5.92 Å². The molecule has 5 aromatic carbocycles. The van der Waals surface area contributed by atoms with Crippen LogP contribution in [0.2, 0.25) is 0 Å². The summed E-state index contributed by atoms with van der Waals surface area (Å²) in [4.78, 5) is 5.23. The van der Waals surface area contributed by atoms with Crippen LogP contribution in [0.15, 0.2) is 156 Å². The van der Waals surface area contributed by atoms with E-state index >= 15 is 0 Å². The molecule has 1 spiro atoms. The molecule has 3 atom stereocenters. The molecule has 3 unspecified atom stereocenters. The van der Waals surface area contributed by atoms with Gasteiger partial charge in [-0.1, -0.05) is 173 Å². The van der Waals surface area contributed by atoms with E-state index in [9.17, 15) is 0 Å². The zero-order valence-electron chi connectivity index (χ0n) is 29.6. The van der Waals surface area contributed by atoms with Crippen molar-refractivity contribution in [1.29, 1.82) is 0 Å². The fourth-order valence-electron chi connectivity index (χ4n) is 10.3. The van der Waals surface area contributed by atoms with Crippen LogP contribution < -0.4 is 5.32 Å². The summed E-state index contributed by atoms with van der Waals surface area (Å²) in [6, 6.07) is 46.7. The summed E-state index contributed by atoms with van der Waals surface area (Å²) in [6.07, 6.45) is 14.4. The standard InChI is InChI=1S/C49H44N2/c1-48(2)41-22-14-20-36(46(41)39-30-43-38(29-42(39)48)37-19-10-11-21-40(37)49(43)27-12-5-13-28-49)32-23-25-34(26-24-32)45-31-44(33-15-6-3-7-16-33)50-47(51-45)35-17-8-4-9-18-35/h3-4,6-11,14-26,29-31,38,43,45H,5,12-13,27-28H2,1-2H3,(H,50,51). The molecule has 2 nitrogen and oxygen atoms in total. The lowest BCUT2D eigenvalue weighted by molar-refractivity contribution is 0.233. The molecule has 5 aromatic rings. The molecule has 1 N–H and O–H groups in total. The van der Waals surface area contributed by atoms with Gasteiger partial charge in [-0.2, -0.15) is 0 Å². The Labute approximate surface area is 302 Å². The molecule has 51 heavy (non-hydrogen) atoms. The van der Waals surface area contributed by atoms with E-state index < -0.39 is 0 Å². The quantitative estimate of drug-likeness (QED) is 0.204. The van der Waals surface area contributed by atoms with Gasteiger partial charge in [0.25, 0.3) is 0 Å². The normalized spacial score (nSPS) is 23.5. The van der Waals surface area contributed by atoms with E-state index in [4.69, 9.17) is 4.99 Å². The van der Waals surface area contributed by atoms with Gasteiger partial charge in [-0.25, -0.2) is 0 Å². The molecule has 5 aliphatic rings. The van der Waals surface area contributed by atoms with Gasteiger partial charge in [0.1, 0.15) is 5.84 Å². The number of benzene rings is 5. The zero-order valence-corrected chi connectivity index (χ0v) is 29.6. The second-order valence-corrected chi connectivity index (χ2v) is 15.9. The van der Waals surface area contributed by atoms with Gasteiger partial charge in [-0.15, -0.1) is 0 Å². The van der Waals surface area contributed by atoms with Crippen LogP contribution in [0.5, 0.6) is 0 Å². The first-order valence-corrected chi connectivity index (χ1v) is 19.0. The average molecular weight is 661 g/mol. The molecule has 250 valence electrons. The van der Waals surface area contributed by atoms with E-state index in [1.807, 2.05) is 0 Å². The van der Waals surface area contributed by atoms with Crippen molar-refractivity contribution >= 4 is 17.1 Å². The van der Waals surface area contributed by atoms with Crippen molar-refractivity contribution in [2.24, 2.45) is 10.9 Å². The number of allylic oxidation sites excluding steroid dienone is 4. The maximum absolute atomic E-state index is 5.23. The van der Waals surface area contributed by atoms with E-state index in [0.717, 1.165) is 22.7 Å². The molecule has 1 heterocycles. The minimum Gasteiger partial charge on any atom is -0.340 e. The molecule has 4 aliphatic carbocycles. The molecular formula is C49H44N2. The molecule has 0 bridgehead atoms. The highest BCUT2D eigenvalue weighted by molar-refractivity contribution is 6.05. The monoisotopic (exact) mass is 660 g/mol. The number of fused-ring (bicyclic) bond motifs is 8. The maximum atomic E-state index is 5.23. The number of hydrogen-bond acceptors (Lipinski definition) is 2. The lowest BCUT2D eigenvalue weighted by Gasteiger charge is -2.42. The van der Waals surface area contributed by atoms with E-state index in [2.05, 4.69) is 165 Å². The van der Waals surface area contributed by atoms with Crippen LogP contribution in [0.25, 0.3) is 22.4 Å². The van der Waals surface area contributed by atoms with Crippen LogP contribution in [-0.2, 0) is 10.8 Å². The van der Waals surface area contributed by atoms with Gasteiger partial charge in [0.15, 0.2) is 0 Å². The summed E-state index contributed by atoms with van der Waals surface area (Å²) < 4.78 is 0. The SMILES string of the molecule is CC1(C)C2=CC3c4ccccc4C4(CCCCC4)C3C=C2c2c(-c3ccc(C4C=C(c5ccccc5)NC(c5ccccc5)=N4)cc3)cccc21. The third-order valence-electron chi connectivity index (χ3n) is 12.8. The van der Waals surface area contributed by atoms with Gasteiger partial charge >= 0.3 is 0 Å². The Balaban J connectivity index is 1.05. The van der Waals surface area contributed by atoms with Gasteiger partial charge < -0.3 is 5.32 Å². The first-order valence-electron chi connectivity index (χ1n) is 19.0. The number of hydrogen-bond donors (Lipinski definition) is 1. The molecular weight excluding hydrogens is 617 g/mol. The van der Waals surface area contributed by atoms with Crippen LogP contribution in [0.3, 0.4) is 0 Å². The number of nitrogens with zero attached hydrogens (tertiary/aromatic N) is 1. The first-order chi connectivity index (χ1) is 25.0. The van der Waals surface area contributed by atoms with E-state index in [0.29, 0.717) is 11.8 Å². The topological polar surface area (TPSA) is 24.4 Å². The highest BCUT2D eigenvalue weighted by Gasteiger charge is 2.54. The summed E-state index contributed by atoms with van der Waals surface area (Å²) >= 11 is 0. The van der Waals surface area contributed by atoms with Crippen molar-refractivity contribution < 1.29 is 0 Å². The lowest BCUT2D eigenvalue weighted by Crippen LogP contribution is -2.35. The maximum Gasteiger partial charge on any atom is 0.133 e. The van der Waals surface area contributed by atoms with Crippen LogP contribution in [-0.4, -0.2) is 5.84 Å². The highest BCUT2D eigenvalue weighted by Crippen LogP contribution is 2.64. The second kappa shape index (κ2) is 11.7. The van der Waals surface area contributed by atoms with Crippen LogP contribution >= 0.6 is 0 Å². The Morgan fingerprint density at radius 2 is 1.29 bits per heavy atom. The largest absolute Gasteiger partial charge is 0.340 e. The van der Waals surface area contributed by atoms with Crippen molar-refractivity contribution in [3.8, 4) is 11.1 Å². The summed E-state index contributed by atoms with van der Waals surface area (Å²) in [6.45, 7) is 4.89. The predicted octanol–water partition coefficient (Wildman–Crippen LogP) is 11.7. The van der Waals surface area contributed by atoms with Crippen molar-refractivity contribution in [3.63, 3.8) is 0 Å².